The molecule has 3 rings (SSSR count). The Hall–Kier alpha value is -0.940. The number of thiazole rings is 1. The molecule has 2 aliphatic rings. The second-order valence-corrected chi connectivity index (χ2v) is 5.53. The molecule has 16 heavy (non-hydrogen) atoms. The van der Waals surface area contributed by atoms with E-state index in [1.54, 1.807) is 0 Å². The predicted molar refractivity (Wildman–Crippen MR) is 61.0 cm³/mol. The summed E-state index contributed by atoms with van der Waals surface area (Å²) in [7, 11) is 0. The van der Waals surface area contributed by atoms with Crippen molar-refractivity contribution >= 4 is 17.3 Å². The van der Waals surface area contributed by atoms with Crippen molar-refractivity contribution in [1.82, 2.24) is 10.3 Å². The van der Waals surface area contributed by atoms with E-state index in [4.69, 9.17) is 0 Å². The van der Waals surface area contributed by atoms with Gasteiger partial charge < -0.3 is 10.4 Å². The third-order valence-corrected chi connectivity index (χ3v) is 4.40. The molecule has 1 saturated carbocycles. The molecular weight excluding hydrogens is 224 g/mol. The quantitative estimate of drug-likeness (QED) is 0.847. The molecular formula is C11H14N2O2S. The summed E-state index contributed by atoms with van der Waals surface area (Å²) in [4.78, 5) is 16.2. The molecule has 1 saturated heterocycles. The fraction of sp³-hybridized carbons (Fsp3) is 0.636. The summed E-state index contributed by atoms with van der Waals surface area (Å²) in [6.07, 6.45) is 4.46. The van der Waals surface area contributed by atoms with Crippen molar-refractivity contribution in [3.63, 3.8) is 0 Å². The van der Waals surface area contributed by atoms with Gasteiger partial charge in [-0.15, -0.1) is 11.3 Å². The molecule has 0 spiro atoms. The van der Waals surface area contributed by atoms with E-state index in [-0.39, 0.29) is 6.04 Å². The molecule has 0 bridgehead atoms. The molecule has 2 N–H and O–H groups in total. The zero-order valence-electron chi connectivity index (χ0n) is 8.90. The lowest BCUT2D eigenvalue weighted by atomic mass is 10.1. The molecule has 2 heterocycles. The lowest BCUT2D eigenvalue weighted by Crippen LogP contribution is -2.16. The second kappa shape index (κ2) is 3.82. The van der Waals surface area contributed by atoms with E-state index in [0.29, 0.717) is 10.8 Å². The van der Waals surface area contributed by atoms with Crippen LogP contribution in [-0.2, 0) is 0 Å². The Kier molecular flexibility index (Phi) is 2.44. The molecule has 0 aromatic carbocycles. The second-order valence-electron chi connectivity index (χ2n) is 4.49. The van der Waals surface area contributed by atoms with E-state index < -0.39 is 5.97 Å². The maximum atomic E-state index is 11.2. The maximum Gasteiger partial charge on any atom is 0.347 e. The number of nitrogens with zero attached hydrogens (tertiary/aromatic N) is 1. The smallest absolute Gasteiger partial charge is 0.347 e. The lowest BCUT2D eigenvalue weighted by molar-refractivity contribution is 0.0700. The van der Waals surface area contributed by atoms with Gasteiger partial charge in [0, 0.05) is 5.92 Å². The molecule has 1 aromatic rings. The van der Waals surface area contributed by atoms with E-state index >= 15 is 0 Å². The predicted octanol–water partition coefficient (Wildman–Crippen LogP) is 2.14. The van der Waals surface area contributed by atoms with Crippen molar-refractivity contribution in [1.29, 1.82) is 0 Å². The van der Waals surface area contributed by atoms with E-state index in [0.717, 1.165) is 30.1 Å². The van der Waals surface area contributed by atoms with Crippen LogP contribution in [0.15, 0.2) is 0 Å². The fourth-order valence-electron chi connectivity index (χ4n) is 2.16. The van der Waals surface area contributed by atoms with Crippen LogP contribution in [0.4, 0.5) is 0 Å². The normalized spacial score (nSPS) is 24.9. The Balaban J connectivity index is 1.96. The van der Waals surface area contributed by atoms with Crippen LogP contribution in [-0.4, -0.2) is 22.6 Å². The van der Waals surface area contributed by atoms with Crippen LogP contribution in [0.2, 0.25) is 0 Å². The standard InChI is InChI=1S/C11H14N2O2S/c14-11(15)9-8(7-2-1-5-12-7)13-10(16-9)6-3-4-6/h6-7,12H,1-5H2,(H,14,15). The zero-order valence-corrected chi connectivity index (χ0v) is 9.72. The Labute approximate surface area is 97.7 Å². The third kappa shape index (κ3) is 1.74. The lowest BCUT2D eigenvalue weighted by Gasteiger charge is -2.07. The van der Waals surface area contributed by atoms with Crippen molar-refractivity contribution < 1.29 is 9.90 Å². The first kappa shape index (κ1) is 10.2. The van der Waals surface area contributed by atoms with Gasteiger partial charge in [-0.1, -0.05) is 0 Å². The molecule has 1 aromatic heterocycles. The van der Waals surface area contributed by atoms with Gasteiger partial charge in [0.2, 0.25) is 0 Å². The van der Waals surface area contributed by atoms with Gasteiger partial charge in [-0.25, -0.2) is 9.78 Å². The average Bonchev–Trinajstić information content (AvgIpc) is 2.83. The Morgan fingerprint density at radius 2 is 2.25 bits per heavy atom. The van der Waals surface area contributed by atoms with Crippen molar-refractivity contribution in [2.75, 3.05) is 6.54 Å². The molecule has 1 unspecified atom stereocenters. The number of hydrogen-bond donors (Lipinski definition) is 2. The number of aromatic carboxylic acids is 1. The highest BCUT2D eigenvalue weighted by molar-refractivity contribution is 7.13. The molecule has 5 heteroatoms. The molecule has 1 aliphatic heterocycles. The molecule has 0 amide bonds. The maximum absolute atomic E-state index is 11.2. The number of rotatable bonds is 3. The van der Waals surface area contributed by atoms with Crippen LogP contribution in [0.5, 0.6) is 0 Å². The summed E-state index contributed by atoms with van der Waals surface area (Å²) >= 11 is 1.37. The van der Waals surface area contributed by atoms with Gasteiger partial charge >= 0.3 is 5.97 Å². The average molecular weight is 238 g/mol. The number of carbonyl (C=O) groups is 1. The van der Waals surface area contributed by atoms with E-state index in [1.165, 1.54) is 24.2 Å². The zero-order chi connectivity index (χ0) is 11.1. The molecule has 0 radical (unpaired) electrons. The summed E-state index contributed by atoms with van der Waals surface area (Å²) in [6, 6.07) is 0.162. The number of carboxylic acid groups (broad SMARTS) is 1. The first-order valence-electron chi connectivity index (χ1n) is 5.73. The highest BCUT2D eigenvalue weighted by atomic mass is 32.1. The molecule has 86 valence electrons. The van der Waals surface area contributed by atoms with Gasteiger partial charge in [0.05, 0.1) is 16.7 Å². The van der Waals surface area contributed by atoms with Crippen LogP contribution < -0.4 is 5.32 Å². The van der Waals surface area contributed by atoms with Gasteiger partial charge in [0.25, 0.3) is 0 Å². The van der Waals surface area contributed by atoms with Crippen LogP contribution in [0.3, 0.4) is 0 Å². The minimum Gasteiger partial charge on any atom is -0.477 e. The van der Waals surface area contributed by atoms with Crippen molar-refractivity contribution in [3.8, 4) is 0 Å². The van der Waals surface area contributed by atoms with E-state index in [9.17, 15) is 9.90 Å². The highest BCUT2D eigenvalue weighted by Gasteiger charge is 2.32. The Morgan fingerprint density at radius 3 is 2.81 bits per heavy atom. The third-order valence-electron chi connectivity index (χ3n) is 3.18. The summed E-state index contributed by atoms with van der Waals surface area (Å²) in [5.41, 5.74) is 0.775. The topological polar surface area (TPSA) is 62.2 Å². The highest BCUT2D eigenvalue weighted by Crippen LogP contribution is 2.43. The molecule has 4 nitrogen and oxygen atoms in total. The molecule has 2 fully saturated rings. The van der Waals surface area contributed by atoms with Crippen molar-refractivity contribution in [2.24, 2.45) is 0 Å². The van der Waals surface area contributed by atoms with Crippen molar-refractivity contribution in [2.45, 2.75) is 37.6 Å². The van der Waals surface area contributed by atoms with Crippen LogP contribution in [0.25, 0.3) is 0 Å². The molecule has 1 atom stereocenters. The number of nitrogens with one attached hydrogen (secondary N) is 1. The first-order valence-corrected chi connectivity index (χ1v) is 6.54. The minimum atomic E-state index is -0.826. The number of hydrogen-bond acceptors (Lipinski definition) is 4. The minimum absolute atomic E-state index is 0.162. The summed E-state index contributed by atoms with van der Waals surface area (Å²) in [5, 5.41) is 13.5. The SMILES string of the molecule is O=C(O)c1sc(C2CC2)nc1C1CCCN1. The van der Waals surface area contributed by atoms with Gasteiger partial charge in [0.15, 0.2) is 0 Å². The van der Waals surface area contributed by atoms with Crippen LogP contribution >= 0.6 is 11.3 Å². The molecule has 1 aliphatic carbocycles. The first-order chi connectivity index (χ1) is 7.75. The van der Waals surface area contributed by atoms with Gasteiger partial charge in [0.1, 0.15) is 4.88 Å². The van der Waals surface area contributed by atoms with Gasteiger partial charge in [-0.2, -0.15) is 0 Å². The van der Waals surface area contributed by atoms with E-state index in [1.807, 2.05) is 0 Å². The number of aromatic nitrogens is 1. The summed E-state index contributed by atoms with van der Waals surface area (Å²) < 4.78 is 0. The largest absolute Gasteiger partial charge is 0.477 e. The number of carboxylic acids is 1. The van der Waals surface area contributed by atoms with Crippen molar-refractivity contribution in [3.05, 3.63) is 15.6 Å². The fourth-order valence-corrected chi connectivity index (χ4v) is 3.30. The Bertz CT molecular complexity index is 420. The van der Waals surface area contributed by atoms with E-state index in [2.05, 4.69) is 10.3 Å². The monoisotopic (exact) mass is 238 g/mol. The summed E-state index contributed by atoms with van der Waals surface area (Å²) in [6.45, 7) is 0.972. The van der Waals surface area contributed by atoms with Gasteiger partial charge in [-0.3, -0.25) is 0 Å². The van der Waals surface area contributed by atoms with Crippen LogP contribution in [0.1, 0.15) is 58.0 Å². The van der Waals surface area contributed by atoms with Crippen LogP contribution in [0, 0.1) is 0 Å². The summed E-state index contributed by atoms with van der Waals surface area (Å²) in [5.74, 6) is -0.286. The van der Waals surface area contributed by atoms with Gasteiger partial charge in [-0.05, 0) is 32.2 Å². The Morgan fingerprint density at radius 1 is 1.44 bits per heavy atom.